The fraction of sp³-hybridized carbons (Fsp3) is 0.500. The van der Waals surface area contributed by atoms with E-state index < -0.39 is 0 Å². The molecule has 1 aromatic rings. The average Bonchev–Trinajstić information content (AvgIpc) is 2.34. The van der Waals surface area contributed by atoms with Crippen molar-refractivity contribution in [1.82, 2.24) is 10.6 Å². The Morgan fingerprint density at radius 2 is 2.26 bits per heavy atom. The molecule has 0 aromatic heterocycles. The molecule has 2 N–H and O–H groups in total. The van der Waals surface area contributed by atoms with Crippen LogP contribution in [0.4, 0.5) is 0 Å². The summed E-state index contributed by atoms with van der Waals surface area (Å²) in [6.45, 7) is 3.56. The van der Waals surface area contributed by atoms with Gasteiger partial charge in [0, 0.05) is 24.7 Å². The van der Waals surface area contributed by atoms with Crippen LogP contribution in [0.15, 0.2) is 24.3 Å². The van der Waals surface area contributed by atoms with Crippen molar-refractivity contribution >= 4 is 17.5 Å². The van der Waals surface area contributed by atoms with Gasteiger partial charge < -0.3 is 15.4 Å². The lowest BCUT2D eigenvalue weighted by Crippen LogP contribution is -2.40. The van der Waals surface area contributed by atoms with Crippen LogP contribution in [0.1, 0.15) is 12.5 Å². The molecule has 0 saturated carbocycles. The highest BCUT2D eigenvalue weighted by atomic mass is 35.5. The van der Waals surface area contributed by atoms with E-state index >= 15 is 0 Å². The minimum absolute atomic E-state index is 0.00867. The van der Waals surface area contributed by atoms with E-state index in [1.165, 1.54) is 0 Å². The number of nitrogens with one attached hydrogen (secondary N) is 2. The van der Waals surface area contributed by atoms with Gasteiger partial charge in [0.2, 0.25) is 5.91 Å². The second kappa shape index (κ2) is 8.91. The molecule has 106 valence electrons. The van der Waals surface area contributed by atoms with Crippen LogP contribution in [0.2, 0.25) is 5.02 Å². The van der Waals surface area contributed by atoms with E-state index in [9.17, 15) is 4.79 Å². The first-order chi connectivity index (χ1) is 9.11. The van der Waals surface area contributed by atoms with Crippen molar-refractivity contribution in [3.05, 3.63) is 34.9 Å². The van der Waals surface area contributed by atoms with Crippen molar-refractivity contribution in [2.24, 2.45) is 0 Å². The molecule has 0 fully saturated rings. The Labute approximate surface area is 119 Å². The second-order valence-corrected chi connectivity index (χ2v) is 4.91. The third kappa shape index (κ3) is 7.15. The minimum Gasteiger partial charge on any atom is -0.383 e. The number of benzene rings is 1. The molecule has 0 saturated heterocycles. The molecule has 5 heteroatoms. The number of rotatable bonds is 8. The number of ether oxygens (including phenoxy) is 1. The number of methoxy groups -OCH3 is 1. The van der Waals surface area contributed by atoms with Gasteiger partial charge in [-0.2, -0.15) is 0 Å². The van der Waals surface area contributed by atoms with Gasteiger partial charge >= 0.3 is 0 Å². The standard InChI is InChI=1S/C14H21ClN2O2/c1-11(8-12-4-3-5-13(15)9-12)17-14(18)10-16-6-7-19-2/h3-5,9,11,16H,6-8,10H2,1-2H3,(H,17,18). The van der Waals surface area contributed by atoms with Crippen LogP contribution in [-0.2, 0) is 16.0 Å². The van der Waals surface area contributed by atoms with Gasteiger partial charge in [0.05, 0.1) is 13.2 Å². The van der Waals surface area contributed by atoms with Gasteiger partial charge in [-0.25, -0.2) is 0 Å². The van der Waals surface area contributed by atoms with Gasteiger partial charge in [-0.15, -0.1) is 0 Å². The Hall–Kier alpha value is -1.10. The van der Waals surface area contributed by atoms with E-state index in [4.69, 9.17) is 16.3 Å². The highest BCUT2D eigenvalue weighted by Gasteiger charge is 2.07. The summed E-state index contributed by atoms with van der Waals surface area (Å²) in [4.78, 5) is 11.6. The Balaban J connectivity index is 2.26. The first-order valence-electron chi connectivity index (χ1n) is 6.35. The molecule has 0 aliphatic rings. The average molecular weight is 285 g/mol. The van der Waals surface area contributed by atoms with Gasteiger partial charge in [0.25, 0.3) is 0 Å². The van der Waals surface area contributed by atoms with Gasteiger partial charge in [-0.05, 0) is 31.0 Å². The van der Waals surface area contributed by atoms with E-state index in [1.807, 2.05) is 31.2 Å². The van der Waals surface area contributed by atoms with Crippen LogP contribution >= 0.6 is 11.6 Å². The quantitative estimate of drug-likeness (QED) is 0.714. The molecule has 1 amide bonds. The summed E-state index contributed by atoms with van der Waals surface area (Å²) < 4.78 is 4.89. The summed E-state index contributed by atoms with van der Waals surface area (Å²) in [6.07, 6.45) is 0.768. The predicted octanol–water partition coefficient (Wildman–Crippen LogP) is 1.62. The topological polar surface area (TPSA) is 50.4 Å². The SMILES string of the molecule is COCCNCC(=O)NC(C)Cc1cccc(Cl)c1. The fourth-order valence-electron chi connectivity index (χ4n) is 1.77. The molecule has 0 spiro atoms. The number of hydrogen-bond acceptors (Lipinski definition) is 3. The number of carbonyl (C=O) groups excluding carboxylic acids is 1. The molecule has 1 aromatic carbocycles. The van der Waals surface area contributed by atoms with Gasteiger partial charge in [-0.1, -0.05) is 23.7 Å². The molecule has 0 aliphatic carbocycles. The van der Waals surface area contributed by atoms with Gasteiger partial charge in [0.1, 0.15) is 0 Å². The van der Waals surface area contributed by atoms with Crippen LogP contribution in [0.3, 0.4) is 0 Å². The zero-order valence-corrected chi connectivity index (χ0v) is 12.2. The van der Waals surface area contributed by atoms with E-state index in [0.717, 1.165) is 17.0 Å². The summed E-state index contributed by atoms with van der Waals surface area (Å²) in [7, 11) is 1.63. The summed E-state index contributed by atoms with van der Waals surface area (Å²) in [5.41, 5.74) is 1.12. The van der Waals surface area contributed by atoms with Crippen LogP contribution < -0.4 is 10.6 Å². The molecule has 19 heavy (non-hydrogen) atoms. The molecule has 4 nitrogen and oxygen atoms in total. The molecule has 0 bridgehead atoms. The number of halogens is 1. The molecular formula is C14H21ClN2O2. The Kier molecular flexibility index (Phi) is 7.48. The summed E-state index contributed by atoms with van der Waals surface area (Å²) in [5, 5.41) is 6.67. The maximum absolute atomic E-state index is 11.6. The summed E-state index contributed by atoms with van der Waals surface area (Å²) in [6, 6.07) is 7.76. The largest absolute Gasteiger partial charge is 0.383 e. The van der Waals surface area contributed by atoms with Crippen LogP contribution in [0, 0.1) is 0 Å². The maximum atomic E-state index is 11.6. The van der Waals surface area contributed by atoms with Crippen molar-refractivity contribution in [2.45, 2.75) is 19.4 Å². The number of amides is 1. The van der Waals surface area contributed by atoms with E-state index in [1.54, 1.807) is 7.11 Å². The highest BCUT2D eigenvalue weighted by molar-refractivity contribution is 6.30. The Morgan fingerprint density at radius 1 is 1.47 bits per heavy atom. The third-order valence-electron chi connectivity index (χ3n) is 2.61. The lowest BCUT2D eigenvalue weighted by Gasteiger charge is -2.14. The monoisotopic (exact) mass is 284 g/mol. The third-order valence-corrected chi connectivity index (χ3v) is 2.84. The van der Waals surface area contributed by atoms with Crippen LogP contribution in [0.5, 0.6) is 0 Å². The molecule has 0 aliphatic heterocycles. The molecule has 1 atom stereocenters. The number of carbonyl (C=O) groups is 1. The van der Waals surface area contributed by atoms with Crippen molar-refractivity contribution in [3.63, 3.8) is 0 Å². The normalized spacial score (nSPS) is 12.2. The van der Waals surface area contributed by atoms with Gasteiger partial charge in [-0.3, -0.25) is 4.79 Å². The zero-order chi connectivity index (χ0) is 14.1. The summed E-state index contributed by atoms with van der Waals surface area (Å²) >= 11 is 5.92. The van der Waals surface area contributed by atoms with E-state index in [0.29, 0.717) is 19.7 Å². The highest BCUT2D eigenvalue weighted by Crippen LogP contribution is 2.12. The minimum atomic E-state index is -0.00867. The van der Waals surface area contributed by atoms with Crippen LogP contribution in [0.25, 0.3) is 0 Å². The zero-order valence-electron chi connectivity index (χ0n) is 11.4. The molecule has 1 unspecified atom stereocenters. The van der Waals surface area contributed by atoms with Crippen molar-refractivity contribution < 1.29 is 9.53 Å². The van der Waals surface area contributed by atoms with Crippen molar-refractivity contribution in [1.29, 1.82) is 0 Å². The van der Waals surface area contributed by atoms with E-state index in [-0.39, 0.29) is 11.9 Å². The second-order valence-electron chi connectivity index (χ2n) is 4.47. The van der Waals surface area contributed by atoms with E-state index in [2.05, 4.69) is 10.6 Å². The van der Waals surface area contributed by atoms with Crippen molar-refractivity contribution in [3.8, 4) is 0 Å². The first kappa shape index (κ1) is 16.0. The predicted molar refractivity (Wildman–Crippen MR) is 77.5 cm³/mol. The molecule has 1 rings (SSSR count). The van der Waals surface area contributed by atoms with Crippen molar-refractivity contribution in [2.75, 3.05) is 26.8 Å². The van der Waals surface area contributed by atoms with Gasteiger partial charge in [0.15, 0.2) is 0 Å². The lowest BCUT2D eigenvalue weighted by atomic mass is 10.1. The summed E-state index contributed by atoms with van der Waals surface area (Å²) in [5.74, 6) is -0.00867. The Morgan fingerprint density at radius 3 is 2.95 bits per heavy atom. The fourth-order valence-corrected chi connectivity index (χ4v) is 1.98. The molecule has 0 heterocycles. The Bertz CT molecular complexity index is 399. The first-order valence-corrected chi connectivity index (χ1v) is 6.73. The molecule has 0 radical (unpaired) electrons. The maximum Gasteiger partial charge on any atom is 0.234 e. The smallest absolute Gasteiger partial charge is 0.234 e. The lowest BCUT2D eigenvalue weighted by molar-refractivity contribution is -0.120. The molecular weight excluding hydrogens is 264 g/mol. The van der Waals surface area contributed by atoms with Crippen LogP contribution in [-0.4, -0.2) is 38.8 Å². The number of hydrogen-bond donors (Lipinski definition) is 2.